The van der Waals surface area contributed by atoms with E-state index >= 15 is 0 Å². The Morgan fingerprint density at radius 2 is 1.00 bits per heavy atom. The summed E-state index contributed by atoms with van der Waals surface area (Å²) < 4.78 is 5.49. The number of ketones is 1. The molecule has 0 saturated heterocycles. The van der Waals surface area contributed by atoms with Crippen LogP contribution in [0, 0.1) is 11.8 Å². The van der Waals surface area contributed by atoms with Gasteiger partial charge in [-0.05, 0) is 88.7 Å². The lowest BCUT2D eigenvalue weighted by Crippen LogP contribution is -2.59. The van der Waals surface area contributed by atoms with Gasteiger partial charge in [-0.15, -0.1) is 0 Å². The highest BCUT2D eigenvalue weighted by molar-refractivity contribution is 6.09. The molecule has 3 aromatic carbocycles. The fourth-order valence-corrected chi connectivity index (χ4v) is 7.55. The number of aliphatic carboxylic acids is 1. The summed E-state index contributed by atoms with van der Waals surface area (Å²) in [6.45, 7) is 12.6. The number of benzene rings is 3. The summed E-state index contributed by atoms with van der Waals surface area (Å²) in [7, 11) is 0. The number of allylic oxidation sites excluding steroid dienone is 1. The normalized spacial score (nSPS) is 15.0. The number of hydrogen-bond donors (Lipinski definition) is 6. The van der Waals surface area contributed by atoms with Crippen molar-refractivity contribution in [3.05, 3.63) is 119 Å². The first-order valence-electron chi connectivity index (χ1n) is 22.6. The van der Waals surface area contributed by atoms with E-state index in [1.54, 1.807) is 93.6 Å². The Kier molecular flexibility index (Phi) is 19.5. The van der Waals surface area contributed by atoms with Crippen molar-refractivity contribution < 1.29 is 43.4 Å². The van der Waals surface area contributed by atoms with Crippen molar-refractivity contribution in [3.63, 3.8) is 0 Å². The minimum absolute atomic E-state index is 0.00647. The summed E-state index contributed by atoms with van der Waals surface area (Å²) in [6, 6.07) is 18.6. The molecule has 0 unspecified atom stereocenters. The van der Waals surface area contributed by atoms with Gasteiger partial charge in [0.15, 0.2) is 5.78 Å². The van der Waals surface area contributed by atoms with E-state index in [4.69, 9.17) is 4.74 Å². The molecule has 0 spiro atoms. The highest BCUT2D eigenvalue weighted by atomic mass is 16.6. The molecular formula is C51H67N5O9. The Morgan fingerprint density at radius 3 is 1.49 bits per heavy atom. The first-order chi connectivity index (χ1) is 30.8. The number of ether oxygens (including phenoxy) is 1. The number of hydrogen-bond acceptors (Lipinski definition) is 8. The van der Waals surface area contributed by atoms with Crippen molar-refractivity contribution in [2.24, 2.45) is 11.8 Å². The van der Waals surface area contributed by atoms with E-state index in [1.807, 2.05) is 39.8 Å². The molecule has 14 nitrogen and oxygen atoms in total. The molecule has 0 bridgehead atoms. The van der Waals surface area contributed by atoms with E-state index in [1.165, 1.54) is 0 Å². The molecule has 4 rings (SSSR count). The molecule has 0 fully saturated rings. The summed E-state index contributed by atoms with van der Waals surface area (Å²) >= 11 is 0. The van der Waals surface area contributed by atoms with Crippen LogP contribution in [-0.4, -0.2) is 82.4 Å². The first-order valence-corrected chi connectivity index (χ1v) is 22.6. The van der Waals surface area contributed by atoms with Crippen molar-refractivity contribution in [1.82, 2.24) is 26.6 Å². The first kappa shape index (κ1) is 51.3. The molecule has 65 heavy (non-hydrogen) atoms. The summed E-state index contributed by atoms with van der Waals surface area (Å²) in [4.78, 5) is 95.1. The van der Waals surface area contributed by atoms with Crippen molar-refractivity contribution in [2.75, 3.05) is 0 Å². The molecule has 1 aliphatic carbocycles. The monoisotopic (exact) mass is 893 g/mol. The van der Waals surface area contributed by atoms with Gasteiger partial charge in [0.1, 0.15) is 35.8 Å². The number of carboxylic acid groups (broad SMARTS) is 1. The Hall–Kier alpha value is -6.31. The number of alkyl carbamates (subject to hydrolysis) is 1. The van der Waals surface area contributed by atoms with Crippen LogP contribution < -0.4 is 26.6 Å². The predicted octanol–water partition coefficient (Wildman–Crippen LogP) is 6.60. The zero-order valence-electron chi connectivity index (χ0n) is 38.8. The number of amides is 5. The van der Waals surface area contributed by atoms with Crippen molar-refractivity contribution in [2.45, 2.75) is 142 Å². The van der Waals surface area contributed by atoms with E-state index in [0.29, 0.717) is 22.3 Å². The van der Waals surface area contributed by atoms with Gasteiger partial charge in [-0.2, -0.15) is 0 Å². The summed E-state index contributed by atoms with van der Waals surface area (Å²) in [5, 5.41) is 23.8. The van der Waals surface area contributed by atoms with Gasteiger partial charge in [0.25, 0.3) is 0 Å². The van der Waals surface area contributed by atoms with E-state index in [0.717, 1.165) is 31.3 Å². The third kappa shape index (κ3) is 17.6. The van der Waals surface area contributed by atoms with E-state index in [2.05, 4.69) is 32.7 Å². The maximum atomic E-state index is 14.4. The minimum atomic E-state index is -1.25. The maximum absolute atomic E-state index is 14.4. The number of carbonyl (C=O) groups excluding carboxylic acids is 6. The quantitative estimate of drug-likeness (QED) is 0.0474. The number of nitrogens with one attached hydrogen (secondary N) is 5. The number of carbonyl (C=O) groups is 7. The molecule has 1 aliphatic rings. The highest BCUT2D eigenvalue weighted by Crippen LogP contribution is 2.22. The van der Waals surface area contributed by atoms with Gasteiger partial charge >= 0.3 is 12.1 Å². The molecule has 0 heterocycles. The minimum Gasteiger partial charge on any atom is -0.480 e. The van der Waals surface area contributed by atoms with E-state index in [-0.39, 0.29) is 49.7 Å². The zero-order valence-corrected chi connectivity index (χ0v) is 38.8. The molecule has 350 valence electrons. The van der Waals surface area contributed by atoms with Gasteiger partial charge in [-0.3, -0.25) is 24.0 Å². The molecule has 0 radical (unpaired) electrons. The molecule has 14 heteroatoms. The van der Waals surface area contributed by atoms with Crippen LogP contribution in [0.5, 0.6) is 0 Å². The van der Waals surface area contributed by atoms with Gasteiger partial charge in [0, 0.05) is 24.0 Å². The van der Waals surface area contributed by atoms with Crippen LogP contribution in [0.25, 0.3) is 0 Å². The molecule has 3 aromatic rings. The second-order valence-corrected chi connectivity index (χ2v) is 18.6. The number of rotatable bonds is 22. The van der Waals surface area contributed by atoms with Crippen molar-refractivity contribution >= 4 is 41.5 Å². The van der Waals surface area contributed by atoms with Crippen LogP contribution in [0.2, 0.25) is 0 Å². The van der Waals surface area contributed by atoms with Gasteiger partial charge < -0.3 is 36.4 Å². The van der Waals surface area contributed by atoms with Gasteiger partial charge in [-0.1, -0.05) is 124 Å². The molecule has 0 aromatic heterocycles. The summed E-state index contributed by atoms with van der Waals surface area (Å²) in [5.41, 5.74) is 2.41. The van der Waals surface area contributed by atoms with Crippen LogP contribution in [0.4, 0.5) is 4.79 Å². The number of carboxylic acids is 1. The lowest BCUT2D eigenvalue weighted by Gasteiger charge is -2.29. The SMILES string of the molecule is CC(C)C[C@@H](NC(=O)[C@H](CC1=CCCCC1)NC(=O)[C@@H](CC(C)C)NC(=O)[C@H](Cc1ccc(C(=O)c2ccccc2)cc1)NC(=O)OC(C)(C)C)C(=O)N[C@@H](Cc1ccccc1)C(=O)O. The average molecular weight is 894 g/mol. The molecule has 5 amide bonds. The molecule has 0 aliphatic heterocycles. The Bertz CT molecular complexity index is 2110. The van der Waals surface area contributed by atoms with E-state index in [9.17, 15) is 38.7 Å². The van der Waals surface area contributed by atoms with Crippen LogP contribution in [-0.2, 0) is 41.6 Å². The fourth-order valence-electron chi connectivity index (χ4n) is 7.55. The zero-order chi connectivity index (χ0) is 47.7. The second kappa shape index (κ2) is 24.7. The van der Waals surface area contributed by atoms with Gasteiger partial charge in [0.2, 0.25) is 23.6 Å². The molecule has 6 N–H and O–H groups in total. The van der Waals surface area contributed by atoms with Crippen LogP contribution in [0.15, 0.2) is 96.6 Å². The molecule has 0 saturated carbocycles. The fraction of sp³-hybridized carbons (Fsp3) is 0.471. The average Bonchev–Trinajstić information content (AvgIpc) is 3.25. The smallest absolute Gasteiger partial charge is 0.408 e. The predicted molar refractivity (Wildman–Crippen MR) is 249 cm³/mol. The Morgan fingerprint density at radius 1 is 0.554 bits per heavy atom. The molecule has 5 atom stereocenters. The van der Waals surface area contributed by atoms with Crippen LogP contribution >= 0.6 is 0 Å². The largest absolute Gasteiger partial charge is 0.480 e. The van der Waals surface area contributed by atoms with Crippen molar-refractivity contribution in [1.29, 1.82) is 0 Å². The standard InChI is InChI=1S/C51H67N5O9/c1-32(2)27-39(53-48(61)42(56-50(64)65-51(5,6)7)30-36-23-25-38(26-24-36)44(57)37-21-15-10-16-22-37)45(58)54-41(29-34-17-11-8-12-18-34)47(60)52-40(28-33(3)4)46(59)55-43(49(62)63)31-35-19-13-9-14-20-35/h9-10,13-17,19-26,32-33,39-43H,8,11-12,18,27-31H2,1-7H3,(H,52,60)(H,53,61)(H,54,58)(H,55,59)(H,56,64)(H,62,63)/t39-,40-,41+,42+,43+/m1/s1. The summed E-state index contributed by atoms with van der Waals surface area (Å²) in [5.74, 6) is -4.16. The Balaban J connectivity index is 1.57. The maximum Gasteiger partial charge on any atom is 0.408 e. The topological polar surface area (TPSA) is 209 Å². The van der Waals surface area contributed by atoms with E-state index < -0.39 is 71.5 Å². The lowest BCUT2D eigenvalue weighted by atomic mass is 9.93. The second-order valence-electron chi connectivity index (χ2n) is 18.6. The summed E-state index contributed by atoms with van der Waals surface area (Å²) in [6.07, 6.45) is 5.23. The third-order valence-corrected chi connectivity index (χ3v) is 10.8. The van der Waals surface area contributed by atoms with Crippen LogP contribution in [0.1, 0.15) is 120 Å². The highest BCUT2D eigenvalue weighted by Gasteiger charge is 2.34. The van der Waals surface area contributed by atoms with Gasteiger partial charge in [-0.25, -0.2) is 9.59 Å². The van der Waals surface area contributed by atoms with Crippen molar-refractivity contribution in [3.8, 4) is 0 Å². The third-order valence-electron chi connectivity index (χ3n) is 10.8. The van der Waals surface area contributed by atoms with Gasteiger partial charge in [0.05, 0.1) is 0 Å². The molecular weight excluding hydrogens is 827 g/mol. The Labute approximate surface area is 383 Å². The lowest BCUT2D eigenvalue weighted by molar-refractivity contribution is -0.142. The van der Waals surface area contributed by atoms with Crippen LogP contribution in [0.3, 0.4) is 0 Å².